The largest absolute Gasteiger partial charge is 0.364 e. The van der Waals surface area contributed by atoms with Crippen molar-refractivity contribution < 1.29 is 0 Å². The third-order valence-corrected chi connectivity index (χ3v) is 3.99. The summed E-state index contributed by atoms with van der Waals surface area (Å²) in [6.07, 6.45) is 1.57. The van der Waals surface area contributed by atoms with Crippen LogP contribution in [-0.4, -0.2) is 4.98 Å². The third kappa shape index (κ3) is 3.10. The minimum Gasteiger partial charge on any atom is -0.364 e. The van der Waals surface area contributed by atoms with Crippen molar-refractivity contribution in [2.75, 3.05) is 5.32 Å². The van der Waals surface area contributed by atoms with Gasteiger partial charge < -0.3 is 5.32 Å². The van der Waals surface area contributed by atoms with Crippen molar-refractivity contribution in [2.24, 2.45) is 0 Å². The Morgan fingerprint density at radius 2 is 2.19 bits per heavy atom. The van der Waals surface area contributed by atoms with E-state index in [4.69, 9.17) is 23.2 Å². The number of nitrogens with zero attached hydrogens (tertiary/aromatic N) is 1. The highest BCUT2D eigenvalue weighted by Crippen LogP contribution is 2.25. The van der Waals surface area contributed by atoms with Gasteiger partial charge in [0.25, 0.3) is 0 Å². The van der Waals surface area contributed by atoms with E-state index in [2.05, 4.69) is 26.2 Å². The summed E-state index contributed by atoms with van der Waals surface area (Å²) in [5.41, 5.74) is 0. The zero-order chi connectivity index (χ0) is 11.5. The van der Waals surface area contributed by atoms with Crippen LogP contribution in [0.2, 0.25) is 10.0 Å². The zero-order valence-electron chi connectivity index (χ0n) is 8.01. The second kappa shape index (κ2) is 5.36. The van der Waals surface area contributed by atoms with E-state index in [1.54, 1.807) is 23.6 Å². The minimum atomic E-state index is 0.531. The molecular formula is C10H7BrCl2N2S. The standard InChI is InChI=1S/C10H7BrCl2N2S/c11-9-2-1-7(16-9)5-15-10-8(13)3-6(12)4-14-10/h1-4H,5H2,(H,14,15). The van der Waals surface area contributed by atoms with Crippen LogP contribution in [0.4, 0.5) is 5.82 Å². The van der Waals surface area contributed by atoms with E-state index >= 15 is 0 Å². The summed E-state index contributed by atoms with van der Waals surface area (Å²) in [7, 11) is 0. The maximum Gasteiger partial charge on any atom is 0.145 e. The molecule has 0 bridgehead atoms. The van der Waals surface area contributed by atoms with Crippen LogP contribution in [0.5, 0.6) is 0 Å². The Kier molecular flexibility index (Phi) is 4.08. The van der Waals surface area contributed by atoms with Crippen LogP contribution >= 0.6 is 50.5 Å². The van der Waals surface area contributed by atoms with Gasteiger partial charge in [-0.3, -0.25) is 0 Å². The Bertz CT molecular complexity index is 501. The van der Waals surface area contributed by atoms with Crippen molar-refractivity contribution in [3.05, 3.63) is 43.1 Å². The molecule has 2 nitrogen and oxygen atoms in total. The van der Waals surface area contributed by atoms with Crippen LogP contribution in [0.1, 0.15) is 4.88 Å². The molecule has 2 aromatic heterocycles. The van der Waals surface area contributed by atoms with Crippen molar-refractivity contribution in [2.45, 2.75) is 6.54 Å². The number of aromatic nitrogens is 1. The Morgan fingerprint density at radius 1 is 1.38 bits per heavy atom. The van der Waals surface area contributed by atoms with Crippen molar-refractivity contribution >= 4 is 56.3 Å². The molecule has 0 saturated heterocycles. The number of pyridine rings is 1. The highest BCUT2D eigenvalue weighted by molar-refractivity contribution is 9.11. The average molecular weight is 338 g/mol. The number of halogens is 3. The van der Waals surface area contributed by atoms with Crippen LogP contribution in [0.25, 0.3) is 0 Å². The van der Waals surface area contributed by atoms with E-state index in [1.165, 1.54) is 4.88 Å². The first-order valence-electron chi connectivity index (χ1n) is 4.44. The Balaban J connectivity index is 2.04. The summed E-state index contributed by atoms with van der Waals surface area (Å²) in [4.78, 5) is 5.33. The molecule has 0 unspecified atom stereocenters. The summed E-state index contributed by atoms with van der Waals surface area (Å²) in [5, 5.41) is 4.22. The van der Waals surface area contributed by atoms with Gasteiger partial charge in [-0.2, -0.15) is 0 Å². The van der Waals surface area contributed by atoms with Crippen LogP contribution in [0, 0.1) is 0 Å². The van der Waals surface area contributed by atoms with E-state index < -0.39 is 0 Å². The quantitative estimate of drug-likeness (QED) is 0.868. The van der Waals surface area contributed by atoms with E-state index in [0.717, 1.165) is 3.79 Å². The molecule has 0 fully saturated rings. The van der Waals surface area contributed by atoms with Gasteiger partial charge in [0.15, 0.2) is 0 Å². The molecule has 0 aromatic carbocycles. The molecule has 2 heterocycles. The van der Waals surface area contributed by atoms with Gasteiger partial charge in [-0.15, -0.1) is 11.3 Å². The summed E-state index contributed by atoms with van der Waals surface area (Å²) >= 11 is 16.8. The second-order valence-electron chi connectivity index (χ2n) is 3.04. The van der Waals surface area contributed by atoms with Gasteiger partial charge in [0.1, 0.15) is 5.82 Å². The number of nitrogens with one attached hydrogen (secondary N) is 1. The highest BCUT2D eigenvalue weighted by atomic mass is 79.9. The zero-order valence-corrected chi connectivity index (χ0v) is 11.9. The lowest BCUT2D eigenvalue weighted by Gasteiger charge is -2.05. The van der Waals surface area contributed by atoms with Crippen LogP contribution in [-0.2, 0) is 6.54 Å². The SMILES string of the molecule is Clc1cnc(NCc2ccc(Br)s2)c(Cl)c1. The molecule has 0 amide bonds. The summed E-state index contributed by atoms with van der Waals surface area (Å²) in [5.74, 6) is 0.649. The van der Waals surface area contributed by atoms with Gasteiger partial charge in [-0.1, -0.05) is 23.2 Å². The van der Waals surface area contributed by atoms with Crippen molar-refractivity contribution in [3.8, 4) is 0 Å². The lowest BCUT2D eigenvalue weighted by molar-refractivity contribution is 1.14. The minimum absolute atomic E-state index is 0.531. The van der Waals surface area contributed by atoms with Crippen molar-refractivity contribution in [1.82, 2.24) is 4.98 Å². The molecule has 0 aliphatic heterocycles. The number of rotatable bonds is 3. The highest BCUT2D eigenvalue weighted by Gasteiger charge is 2.03. The Labute approximate surface area is 116 Å². The summed E-state index contributed by atoms with van der Waals surface area (Å²) in [6, 6.07) is 5.73. The number of thiophene rings is 1. The summed E-state index contributed by atoms with van der Waals surface area (Å²) in [6.45, 7) is 0.699. The lowest BCUT2D eigenvalue weighted by Crippen LogP contribution is -2.00. The predicted molar refractivity (Wildman–Crippen MR) is 73.6 cm³/mol. The lowest BCUT2D eigenvalue weighted by atomic mass is 10.4. The predicted octanol–water partition coefficient (Wildman–Crippen LogP) is 4.82. The smallest absolute Gasteiger partial charge is 0.145 e. The van der Waals surface area contributed by atoms with E-state index in [-0.39, 0.29) is 0 Å². The normalized spacial score (nSPS) is 10.4. The van der Waals surface area contributed by atoms with E-state index in [9.17, 15) is 0 Å². The van der Waals surface area contributed by atoms with Gasteiger partial charge in [0.05, 0.1) is 20.4 Å². The van der Waals surface area contributed by atoms with Crippen LogP contribution in [0.15, 0.2) is 28.2 Å². The molecule has 0 radical (unpaired) electrons. The van der Waals surface area contributed by atoms with Gasteiger partial charge in [-0.05, 0) is 34.1 Å². The molecule has 84 valence electrons. The molecule has 0 aliphatic carbocycles. The molecule has 0 atom stereocenters. The molecular weight excluding hydrogens is 331 g/mol. The average Bonchev–Trinajstić information content (AvgIpc) is 2.63. The Hall–Kier alpha value is -0.290. The molecule has 0 saturated carbocycles. The van der Waals surface area contributed by atoms with Gasteiger partial charge >= 0.3 is 0 Å². The molecule has 2 aromatic rings. The second-order valence-corrected chi connectivity index (χ2v) is 6.43. The Morgan fingerprint density at radius 3 is 2.81 bits per heavy atom. The van der Waals surface area contributed by atoms with Gasteiger partial charge in [0, 0.05) is 11.1 Å². The molecule has 1 N–H and O–H groups in total. The van der Waals surface area contributed by atoms with Gasteiger partial charge in [-0.25, -0.2) is 4.98 Å². The number of hydrogen-bond donors (Lipinski definition) is 1. The third-order valence-electron chi connectivity index (χ3n) is 1.87. The molecule has 2 rings (SSSR count). The fourth-order valence-electron chi connectivity index (χ4n) is 1.16. The fraction of sp³-hybridized carbons (Fsp3) is 0.100. The van der Waals surface area contributed by atoms with Crippen LogP contribution < -0.4 is 5.32 Å². The first-order chi connectivity index (χ1) is 7.65. The van der Waals surface area contributed by atoms with Crippen molar-refractivity contribution in [1.29, 1.82) is 0 Å². The maximum atomic E-state index is 5.99. The van der Waals surface area contributed by atoms with Crippen LogP contribution in [0.3, 0.4) is 0 Å². The molecule has 6 heteroatoms. The first kappa shape index (κ1) is 12.2. The maximum absolute atomic E-state index is 5.99. The van der Waals surface area contributed by atoms with E-state index in [1.807, 2.05) is 12.1 Å². The fourth-order valence-corrected chi connectivity index (χ4v) is 3.03. The van der Waals surface area contributed by atoms with E-state index in [0.29, 0.717) is 22.4 Å². The molecule has 16 heavy (non-hydrogen) atoms. The number of hydrogen-bond acceptors (Lipinski definition) is 3. The van der Waals surface area contributed by atoms with Gasteiger partial charge in [0.2, 0.25) is 0 Å². The number of anilines is 1. The molecule has 0 spiro atoms. The first-order valence-corrected chi connectivity index (χ1v) is 6.81. The van der Waals surface area contributed by atoms with Crippen molar-refractivity contribution in [3.63, 3.8) is 0 Å². The molecule has 0 aliphatic rings. The topological polar surface area (TPSA) is 24.9 Å². The summed E-state index contributed by atoms with van der Waals surface area (Å²) < 4.78 is 1.11. The monoisotopic (exact) mass is 336 g/mol.